The van der Waals surface area contributed by atoms with E-state index in [9.17, 15) is 9.50 Å². The van der Waals surface area contributed by atoms with Gasteiger partial charge in [-0.2, -0.15) is 9.61 Å². The molecule has 1 atom stereocenters. The van der Waals surface area contributed by atoms with E-state index in [-0.39, 0.29) is 5.82 Å². The van der Waals surface area contributed by atoms with Crippen molar-refractivity contribution in [3.63, 3.8) is 0 Å². The number of nitrogens with zero attached hydrogens (tertiary/aromatic N) is 3. The second-order valence-corrected chi connectivity index (χ2v) is 6.47. The minimum Gasteiger partial charge on any atom is -0.387 e. The van der Waals surface area contributed by atoms with Crippen molar-refractivity contribution in [3.8, 4) is 11.3 Å². The maximum atomic E-state index is 14.1. The minimum atomic E-state index is -0.806. The van der Waals surface area contributed by atoms with Gasteiger partial charge >= 0.3 is 0 Å². The summed E-state index contributed by atoms with van der Waals surface area (Å²) in [5.41, 5.74) is 0.783. The van der Waals surface area contributed by atoms with Crippen LogP contribution in [0, 0.1) is 5.82 Å². The van der Waals surface area contributed by atoms with Crippen LogP contribution in [0.25, 0.3) is 16.9 Å². The van der Waals surface area contributed by atoms with E-state index in [2.05, 4.69) is 20.7 Å². The molecular formula is C18H20FN5O. The quantitative estimate of drug-likeness (QED) is 0.677. The molecule has 3 N–H and O–H groups in total. The van der Waals surface area contributed by atoms with Gasteiger partial charge in [-0.3, -0.25) is 0 Å². The summed E-state index contributed by atoms with van der Waals surface area (Å²) in [6.07, 6.45) is 3.32. The molecule has 0 aliphatic carbocycles. The average molecular weight is 341 g/mol. The number of anilines is 1. The summed E-state index contributed by atoms with van der Waals surface area (Å²) in [6.45, 7) is 1.86. The van der Waals surface area contributed by atoms with Gasteiger partial charge in [0.2, 0.25) is 0 Å². The number of halogens is 1. The van der Waals surface area contributed by atoms with Crippen LogP contribution in [0.4, 0.5) is 10.2 Å². The Bertz CT molecular complexity index is 888. The number of β-amino-alcohol motifs (C(OH)–C–C–N with tert-alkyl or cyclic N) is 1. The van der Waals surface area contributed by atoms with Gasteiger partial charge in [0.15, 0.2) is 5.65 Å². The predicted octanol–water partition coefficient (Wildman–Crippen LogP) is 2.06. The van der Waals surface area contributed by atoms with E-state index >= 15 is 0 Å². The smallest absolute Gasteiger partial charge is 0.157 e. The lowest BCUT2D eigenvalue weighted by Crippen LogP contribution is -2.50. The zero-order chi connectivity index (χ0) is 17.3. The van der Waals surface area contributed by atoms with Crippen LogP contribution >= 0.6 is 0 Å². The molecule has 3 aromatic rings. The average Bonchev–Trinajstić information content (AvgIpc) is 3.09. The maximum Gasteiger partial charge on any atom is 0.157 e. The van der Waals surface area contributed by atoms with Crippen LogP contribution in [0.15, 0.2) is 42.6 Å². The fourth-order valence-electron chi connectivity index (χ4n) is 3.20. The zero-order valence-electron chi connectivity index (χ0n) is 13.7. The van der Waals surface area contributed by atoms with Crippen LogP contribution in [0.2, 0.25) is 0 Å². The Hall–Kier alpha value is -2.51. The normalized spacial score (nSPS) is 20.7. The van der Waals surface area contributed by atoms with Crippen molar-refractivity contribution in [1.82, 2.24) is 19.9 Å². The second-order valence-electron chi connectivity index (χ2n) is 6.47. The zero-order valence-corrected chi connectivity index (χ0v) is 13.7. The Kier molecular flexibility index (Phi) is 4.10. The van der Waals surface area contributed by atoms with Crippen LogP contribution in [0.1, 0.15) is 12.8 Å². The Morgan fingerprint density at radius 3 is 3.00 bits per heavy atom. The molecule has 1 aromatic carbocycles. The molecular weight excluding hydrogens is 321 g/mol. The Morgan fingerprint density at radius 2 is 2.20 bits per heavy atom. The standard InChI is InChI=1S/C18H20FN5O/c19-14-5-2-1-4-13(14)15-10-17(24-16(23-15)6-9-22-24)21-12-18(25)7-3-8-20-11-18/h1-2,4-6,9-10,20-21,25H,3,7-8,11-12H2/t18-/m0/s1. The summed E-state index contributed by atoms with van der Waals surface area (Å²) in [5, 5.41) is 21.4. The number of aliphatic hydroxyl groups is 1. The first kappa shape index (κ1) is 16.0. The van der Waals surface area contributed by atoms with Crippen molar-refractivity contribution in [3.05, 3.63) is 48.4 Å². The molecule has 1 aliphatic rings. The van der Waals surface area contributed by atoms with Crippen molar-refractivity contribution >= 4 is 11.5 Å². The first-order valence-electron chi connectivity index (χ1n) is 8.41. The third-order valence-electron chi connectivity index (χ3n) is 4.56. The number of rotatable bonds is 4. The van der Waals surface area contributed by atoms with Crippen molar-refractivity contribution < 1.29 is 9.50 Å². The molecule has 1 saturated heterocycles. The van der Waals surface area contributed by atoms with Gasteiger partial charge in [-0.15, -0.1) is 0 Å². The highest BCUT2D eigenvalue weighted by molar-refractivity contribution is 5.66. The van der Waals surface area contributed by atoms with Gasteiger partial charge in [-0.25, -0.2) is 9.37 Å². The SMILES string of the molecule is O[C@@]1(CNc2cc(-c3ccccc3F)nc3ccnn23)CCCNC1. The van der Waals surface area contributed by atoms with E-state index in [4.69, 9.17) is 0 Å². The summed E-state index contributed by atoms with van der Waals surface area (Å²) < 4.78 is 15.8. The molecule has 0 radical (unpaired) electrons. The Balaban J connectivity index is 1.68. The van der Waals surface area contributed by atoms with Gasteiger partial charge in [0.25, 0.3) is 0 Å². The summed E-state index contributed by atoms with van der Waals surface area (Å²) in [4.78, 5) is 4.48. The van der Waals surface area contributed by atoms with E-state index in [1.807, 2.05) is 0 Å². The molecule has 1 aliphatic heterocycles. The number of fused-ring (bicyclic) bond motifs is 1. The lowest BCUT2D eigenvalue weighted by atomic mass is 9.94. The predicted molar refractivity (Wildman–Crippen MR) is 93.9 cm³/mol. The summed E-state index contributed by atoms with van der Waals surface area (Å²) in [7, 11) is 0. The number of hydrogen-bond acceptors (Lipinski definition) is 5. The van der Waals surface area contributed by atoms with E-state index in [1.54, 1.807) is 41.0 Å². The fourth-order valence-corrected chi connectivity index (χ4v) is 3.20. The van der Waals surface area contributed by atoms with E-state index in [1.165, 1.54) is 6.07 Å². The first-order chi connectivity index (χ1) is 12.1. The van der Waals surface area contributed by atoms with Crippen molar-refractivity contribution in [2.75, 3.05) is 25.0 Å². The van der Waals surface area contributed by atoms with Crippen molar-refractivity contribution in [2.45, 2.75) is 18.4 Å². The highest BCUT2D eigenvalue weighted by Crippen LogP contribution is 2.25. The van der Waals surface area contributed by atoms with Gasteiger partial charge < -0.3 is 15.7 Å². The van der Waals surface area contributed by atoms with Crippen LogP contribution < -0.4 is 10.6 Å². The molecule has 7 heteroatoms. The molecule has 130 valence electrons. The third-order valence-corrected chi connectivity index (χ3v) is 4.56. The molecule has 6 nitrogen and oxygen atoms in total. The Labute approximate surface area is 144 Å². The second kappa shape index (κ2) is 6.42. The molecule has 4 rings (SSSR count). The molecule has 0 unspecified atom stereocenters. The van der Waals surface area contributed by atoms with Gasteiger partial charge in [0.1, 0.15) is 11.6 Å². The number of benzene rings is 1. The number of nitrogens with one attached hydrogen (secondary N) is 2. The number of aromatic nitrogens is 3. The van der Waals surface area contributed by atoms with Crippen LogP contribution in [0.5, 0.6) is 0 Å². The Morgan fingerprint density at radius 1 is 1.32 bits per heavy atom. The largest absolute Gasteiger partial charge is 0.387 e. The van der Waals surface area contributed by atoms with Gasteiger partial charge in [0.05, 0.1) is 17.5 Å². The number of piperidine rings is 1. The third kappa shape index (κ3) is 3.20. The molecule has 0 saturated carbocycles. The van der Waals surface area contributed by atoms with Crippen molar-refractivity contribution in [1.29, 1.82) is 0 Å². The topological polar surface area (TPSA) is 74.5 Å². The van der Waals surface area contributed by atoms with Crippen LogP contribution in [-0.4, -0.2) is 44.9 Å². The first-order valence-corrected chi connectivity index (χ1v) is 8.41. The molecule has 3 heterocycles. The van der Waals surface area contributed by atoms with Gasteiger partial charge in [0, 0.05) is 30.8 Å². The van der Waals surface area contributed by atoms with Crippen LogP contribution in [0.3, 0.4) is 0 Å². The molecule has 2 aromatic heterocycles. The summed E-state index contributed by atoms with van der Waals surface area (Å²) in [5.74, 6) is 0.354. The molecule has 25 heavy (non-hydrogen) atoms. The lowest BCUT2D eigenvalue weighted by molar-refractivity contribution is 0.0291. The van der Waals surface area contributed by atoms with Crippen molar-refractivity contribution in [2.24, 2.45) is 0 Å². The van der Waals surface area contributed by atoms with E-state index < -0.39 is 5.60 Å². The van der Waals surface area contributed by atoms with Gasteiger partial charge in [-0.05, 0) is 31.5 Å². The van der Waals surface area contributed by atoms with E-state index in [0.717, 1.165) is 19.4 Å². The lowest BCUT2D eigenvalue weighted by Gasteiger charge is -2.33. The minimum absolute atomic E-state index is 0.320. The monoisotopic (exact) mass is 341 g/mol. The molecule has 1 fully saturated rings. The molecule has 0 bridgehead atoms. The summed E-state index contributed by atoms with van der Waals surface area (Å²) >= 11 is 0. The number of hydrogen-bond donors (Lipinski definition) is 3. The van der Waals surface area contributed by atoms with Gasteiger partial charge in [-0.1, -0.05) is 12.1 Å². The van der Waals surface area contributed by atoms with Crippen LogP contribution in [-0.2, 0) is 0 Å². The molecule has 0 amide bonds. The summed E-state index contributed by atoms with van der Waals surface area (Å²) in [6, 6.07) is 10.1. The highest BCUT2D eigenvalue weighted by atomic mass is 19.1. The fraction of sp³-hybridized carbons (Fsp3) is 0.333. The maximum absolute atomic E-state index is 14.1. The van der Waals surface area contributed by atoms with E-state index in [0.29, 0.717) is 35.8 Å². The highest BCUT2D eigenvalue weighted by Gasteiger charge is 2.29. The molecule has 0 spiro atoms.